The van der Waals surface area contributed by atoms with Gasteiger partial charge >= 0.3 is 0 Å². The number of rotatable bonds is 3. The van der Waals surface area contributed by atoms with Crippen molar-refractivity contribution in [3.05, 3.63) is 59.4 Å². The quantitative estimate of drug-likeness (QED) is 0.799. The molecule has 0 radical (unpaired) electrons. The van der Waals surface area contributed by atoms with E-state index in [2.05, 4.69) is 15.3 Å². The molecule has 0 fully saturated rings. The van der Waals surface area contributed by atoms with Crippen LogP contribution in [0.2, 0.25) is 5.02 Å². The highest BCUT2D eigenvalue weighted by Gasteiger charge is 2.11. The van der Waals surface area contributed by atoms with Gasteiger partial charge < -0.3 is 10.2 Å². The van der Waals surface area contributed by atoms with Crippen LogP contribution < -0.4 is 10.2 Å². The van der Waals surface area contributed by atoms with Gasteiger partial charge in [-0.05, 0) is 36.4 Å². The molecule has 0 aliphatic carbocycles. The van der Waals surface area contributed by atoms with Gasteiger partial charge in [0.1, 0.15) is 5.82 Å². The Kier molecular flexibility index (Phi) is 4.12. The summed E-state index contributed by atoms with van der Waals surface area (Å²) in [5.74, 6) is 0.568. The number of carbonyl (C=O) groups is 1. The first kappa shape index (κ1) is 15.2. The lowest BCUT2D eigenvalue weighted by molar-refractivity contribution is 0.102. The molecule has 0 spiro atoms. The number of hydrogen-bond acceptors (Lipinski definition) is 4. The Balaban J connectivity index is 1.90. The van der Waals surface area contributed by atoms with Crippen molar-refractivity contribution in [2.75, 3.05) is 24.3 Å². The van der Waals surface area contributed by atoms with Crippen LogP contribution in [0.5, 0.6) is 0 Å². The molecule has 2 aromatic heterocycles. The maximum atomic E-state index is 12.4. The zero-order valence-corrected chi connectivity index (χ0v) is 13.5. The van der Waals surface area contributed by atoms with Gasteiger partial charge in [-0.1, -0.05) is 11.6 Å². The van der Waals surface area contributed by atoms with Crippen molar-refractivity contribution in [2.24, 2.45) is 0 Å². The third-order valence-electron chi connectivity index (χ3n) is 3.44. The van der Waals surface area contributed by atoms with Crippen LogP contribution in [0.3, 0.4) is 0 Å². The fourth-order valence-electron chi connectivity index (χ4n) is 2.23. The smallest absolute Gasteiger partial charge is 0.257 e. The topological polar surface area (TPSA) is 58.1 Å². The predicted octanol–water partition coefficient (Wildman–Crippen LogP) is 3.60. The van der Waals surface area contributed by atoms with Gasteiger partial charge in [-0.25, -0.2) is 4.98 Å². The zero-order valence-electron chi connectivity index (χ0n) is 12.7. The molecule has 6 heteroatoms. The first-order valence-electron chi connectivity index (χ1n) is 7.04. The number of aromatic nitrogens is 2. The lowest BCUT2D eigenvalue weighted by Crippen LogP contribution is -2.14. The molecule has 0 unspecified atom stereocenters. The Morgan fingerprint density at radius 1 is 1.13 bits per heavy atom. The number of nitrogens with one attached hydrogen (secondary N) is 1. The van der Waals surface area contributed by atoms with Gasteiger partial charge in [0, 0.05) is 31.9 Å². The highest BCUT2D eigenvalue weighted by molar-refractivity contribution is 6.35. The number of fused-ring (bicyclic) bond motifs is 1. The van der Waals surface area contributed by atoms with Crippen molar-refractivity contribution >= 4 is 39.9 Å². The lowest BCUT2D eigenvalue weighted by atomic mass is 10.1. The maximum Gasteiger partial charge on any atom is 0.257 e. The van der Waals surface area contributed by atoms with Crippen LogP contribution in [-0.2, 0) is 0 Å². The average Bonchev–Trinajstić information content (AvgIpc) is 2.57. The lowest BCUT2D eigenvalue weighted by Gasteiger charge is -2.12. The monoisotopic (exact) mass is 326 g/mol. The molecule has 1 amide bonds. The third-order valence-corrected chi connectivity index (χ3v) is 3.74. The van der Waals surface area contributed by atoms with Crippen molar-refractivity contribution < 1.29 is 4.79 Å². The summed E-state index contributed by atoms with van der Waals surface area (Å²) < 4.78 is 0. The van der Waals surface area contributed by atoms with Gasteiger partial charge in [-0.2, -0.15) is 0 Å². The van der Waals surface area contributed by atoms with Gasteiger partial charge in [0.15, 0.2) is 0 Å². The molecule has 0 saturated heterocycles. The molecular formula is C17H15ClN4O. The van der Waals surface area contributed by atoms with Crippen molar-refractivity contribution in [2.45, 2.75) is 0 Å². The Morgan fingerprint density at radius 2 is 1.96 bits per heavy atom. The van der Waals surface area contributed by atoms with Crippen LogP contribution >= 0.6 is 11.6 Å². The second kappa shape index (κ2) is 6.22. The van der Waals surface area contributed by atoms with E-state index in [-0.39, 0.29) is 5.91 Å². The highest BCUT2D eigenvalue weighted by atomic mass is 35.5. The SMILES string of the molecule is CN(C)c1ccc(C(=O)Nc2ccc(Cl)c3ncccc23)cn1. The van der Waals surface area contributed by atoms with Gasteiger partial charge in [-0.3, -0.25) is 9.78 Å². The minimum absolute atomic E-state index is 0.227. The van der Waals surface area contributed by atoms with Crippen LogP contribution in [-0.4, -0.2) is 30.0 Å². The molecule has 23 heavy (non-hydrogen) atoms. The Bertz CT molecular complexity index is 862. The molecule has 3 aromatic rings. The highest BCUT2D eigenvalue weighted by Crippen LogP contribution is 2.28. The van der Waals surface area contributed by atoms with E-state index in [9.17, 15) is 4.79 Å². The summed E-state index contributed by atoms with van der Waals surface area (Å²) in [7, 11) is 3.80. The summed E-state index contributed by atoms with van der Waals surface area (Å²) in [4.78, 5) is 22.8. The number of pyridine rings is 2. The first-order chi connectivity index (χ1) is 11.1. The number of amides is 1. The molecule has 0 aliphatic rings. The predicted molar refractivity (Wildman–Crippen MR) is 93.3 cm³/mol. The van der Waals surface area contributed by atoms with Gasteiger partial charge in [0.05, 0.1) is 21.8 Å². The van der Waals surface area contributed by atoms with Crippen LogP contribution in [0, 0.1) is 0 Å². The fourth-order valence-corrected chi connectivity index (χ4v) is 2.44. The number of halogens is 1. The standard InChI is InChI=1S/C17H15ClN4O/c1-22(2)15-8-5-11(10-20-15)17(23)21-14-7-6-13(18)16-12(14)4-3-9-19-16/h3-10H,1-2H3,(H,21,23). The fraction of sp³-hybridized carbons (Fsp3) is 0.118. The summed E-state index contributed by atoms with van der Waals surface area (Å²) in [6.07, 6.45) is 3.23. The van der Waals surface area contributed by atoms with E-state index in [1.54, 1.807) is 36.7 Å². The van der Waals surface area contributed by atoms with Crippen molar-refractivity contribution in [3.8, 4) is 0 Å². The van der Waals surface area contributed by atoms with Gasteiger partial charge in [0.2, 0.25) is 0 Å². The second-order valence-electron chi connectivity index (χ2n) is 5.25. The van der Waals surface area contributed by atoms with E-state index in [1.807, 2.05) is 31.1 Å². The largest absolute Gasteiger partial charge is 0.363 e. The minimum Gasteiger partial charge on any atom is -0.363 e. The minimum atomic E-state index is -0.227. The van der Waals surface area contributed by atoms with Crippen molar-refractivity contribution in [1.29, 1.82) is 0 Å². The number of hydrogen-bond donors (Lipinski definition) is 1. The first-order valence-corrected chi connectivity index (χ1v) is 7.42. The average molecular weight is 327 g/mol. The van der Waals surface area contributed by atoms with Crippen LogP contribution in [0.1, 0.15) is 10.4 Å². The third kappa shape index (κ3) is 3.10. The van der Waals surface area contributed by atoms with E-state index >= 15 is 0 Å². The Labute approximate surface area is 138 Å². The number of carbonyl (C=O) groups excluding carboxylic acids is 1. The molecule has 116 valence electrons. The zero-order chi connectivity index (χ0) is 16.4. The molecule has 2 heterocycles. The van der Waals surface area contributed by atoms with E-state index in [4.69, 9.17) is 11.6 Å². The maximum absolute atomic E-state index is 12.4. The van der Waals surface area contributed by atoms with Crippen LogP contribution in [0.4, 0.5) is 11.5 Å². The summed E-state index contributed by atoms with van der Waals surface area (Å²) in [5, 5.41) is 4.23. The van der Waals surface area contributed by atoms with Gasteiger partial charge in [-0.15, -0.1) is 0 Å². The van der Waals surface area contributed by atoms with Gasteiger partial charge in [0.25, 0.3) is 5.91 Å². The van der Waals surface area contributed by atoms with Crippen molar-refractivity contribution in [3.63, 3.8) is 0 Å². The summed E-state index contributed by atoms with van der Waals surface area (Å²) in [5.41, 5.74) is 1.81. The summed E-state index contributed by atoms with van der Waals surface area (Å²) in [6, 6.07) is 10.7. The molecule has 0 bridgehead atoms. The van der Waals surface area contributed by atoms with Crippen molar-refractivity contribution in [1.82, 2.24) is 9.97 Å². The van der Waals surface area contributed by atoms with E-state index in [1.165, 1.54) is 0 Å². The number of benzene rings is 1. The number of nitrogens with zero attached hydrogens (tertiary/aromatic N) is 3. The summed E-state index contributed by atoms with van der Waals surface area (Å²) in [6.45, 7) is 0. The Hall–Kier alpha value is -2.66. The molecule has 0 aliphatic heterocycles. The summed E-state index contributed by atoms with van der Waals surface area (Å²) >= 11 is 6.14. The molecule has 0 atom stereocenters. The Morgan fingerprint density at radius 3 is 2.65 bits per heavy atom. The van der Waals surface area contributed by atoms with Crippen LogP contribution in [0.25, 0.3) is 10.9 Å². The molecule has 0 saturated carbocycles. The van der Waals surface area contributed by atoms with E-state index < -0.39 is 0 Å². The molecule has 5 nitrogen and oxygen atoms in total. The second-order valence-corrected chi connectivity index (χ2v) is 5.66. The van der Waals surface area contributed by atoms with E-state index in [0.29, 0.717) is 21.8 Å². The van der Waals surface area contributed by atoms with Crippen LogP contribution in [0.15, 0.2) is 48.8 Å². The molecular weight excluding hydrogens is 312 g/mol. The normalized spacial score (nSPS) is 10.6. The molecule has 1 aromatic carbocycles. The number of anilines is 2. The molecule has 3 rings (SSSR count). The van der Waals surface area contributed by atoms with E-state index in [0.717, 1.165) is 11.2 Å². The molecule has 1 N–H and O–H groups in total.